The van der Waals surface area contributed by atoms with Gasteiger partial charge in [-0.1, -0.05) is 0 Å². The zero-order valence-corrected chi connectivity index (χ0v) is 14.1. The number of hydrogen-bond donors (Lipinski definition) is 1. The number of tetrazole rings is 1. The predicted octanol–water partition coefficient (Wildman–Crippen LogP) is 0.382. The molecule has 1 saturated carbocycles. The molecule has 3 rings (SSSR count). The molecule has 10 heteroatoms. The van der Waals surface area contributed by atoms with E-state index in [-0.39, 0.29) is 24.8 Å². The number of hydrogen-bond acceptors (Lipinski definition) is 5. The predicted molar refractivity (Wildman–Crippen MR) is 82.5 cm³/mol. The molecule has 1 aromatic heterocycles. The van der Waals surface area contributed by atoms with Crippen molar-refractivity contribution in [3.63, 3.8) is 0 Å². The van der Waals surface area contributed by atoms with Crippen molar-refractivity contribution >= 4 is 11.8 Å². The van der Waals surface area contributed by atoms with Gasteiger partial charge in [0.15, 0.2) is 0 Å². The topological polar surface area (TPSA) is 93.0 Å². The molecule has 25 heavy (non-hydrogen) atoms. The van der Waals surface area contributed by atoms with Crippen LogP contribution in [0.2, 0.25) is 0 Å². The number of nitrogens with one attached hydrogen (secondary N) is 1. The minimum absolute atomic E-state index is 0.0624. The van der Waals surface area contributed by atoms with Gasteiger partial charge in [0.25, 0.3) is 5.92 Å². The number of aromatic nitrogens is 4. The molecule has 0 spiro atoms. The minimum atomic E-state index is -2.81. The SMILES string of the molecule is Cc1nnnn1CC(=O)NCC1CCCN(C(=O)[C@@H]2CC2(F)F)CC1. The highest BCUT2D eigenvalue weighted by molar-refractivity contribution is 5.83. The Bertz CT molecular complexity index is 650. The summed E-state index contributed by atoms with van der Waals surface area (Å²) in [7, 11) is 0. The summed E-state index contributed by atoms with van der Waals surface area (Å²) in [5.74, 6) is -3.74. The van der Waals surface area contributed by atoms with E-state index in [1.807, 2.05) is 0 Å². The second-order valence-electron chi connectivity index (χ2n) is 6.83. The van der Waals surface area contributed by atoms with Gasteiger partial charge in [0, 0.05) is 26.1 Å². The minimum Gasteiger partial charge on any atom is -0.354 e. The van der Waals surface area contributed by atoms with Crippen LogP contribution < -0.4 is 5.32 Å². The van der Waals surface area contributed by atoms with Crippen LogP contribution in [0, 0.1) is 18.8 Å². The van der Waals surface area contributed by atoms with Crippen LogP contribution in [0.1, 0.15) is 31.5 Å². The third-order valence-corrected chi connectivity index (χ3v) is 4.88. The van der Waals surface area contributed by atoms with Crippen molar-refractivity contribution in [2.75, 3.05) is 19.6 Å². The first kappa shape index (κ1) is 17.7. The normalized spacial score (nSPS) is 25.3. The molecule has 8 nitrogen and oxygen atoms in total. The number of aryl methyl sites for hydroxylation is 1. The monoisotopic (exact) mass is 356 g/mol. The van der Waals surface area contributed by atoms with Gasteiger partial charge >= 0.3 is 0 Å². The van der Waals surface area contributed by atoms with Crippen LogP contribution in [0.25, 0.3) is 0 Å². The Labute approximate surface area is 143 Å². The Morgan fingerprint density at radius 1 is 1.32 bits per heavy atom. The number of halogens is 2. The first-order chi connectivity index (χ1) is 11.9. The Kier molecular flexibility index (Phi) is 4.96. The molecule has 1 saturated heterocycles. The molecule has 0 bridgehead atoms. The maximum Gasteiger partial charge on any atom is 0.260 e. The van der Waals surface area contributed by atoms with Crippen LogP contribution >= 0.6 is 0 Å². The molecule has 2 atom stereocenters. The second kappa shape index (κ2) is 7.01. The zero-order chi connectivity index (χ0) is 18.0. The van der Waals surface area contributed by atoms with Crippen LogP contribution in [-0.2, 0) is 16.1 Å². The second-order valence-corrected chi connectivity index (χ2v) is 6.83. The number of rotatable bonds is 5. The molecule has 1 aliphatic carbocycles. The van der Waals surface area contributed by atoms with Gasteiger partial charge in [-0.3, -0.25) is 9.59 Å². The highest BCUT2D eigenvalue weighted by Gasteiger charge is 2.62. The Hall–Kier alpha value is -2.13. The molecule has 1 unspecified atom stereocenters. The lowest BCUT2D eigenvalue weighted by molar-refractivity contribution is -0.134. The molecule has 0 aromatic carbocycles. The van der Waals surface area contributed by atoms with Gasteiger partial charge in [-0.05, 0) is 42.5 Å². The molecule has 1 N–H and O–H groups in total. The summed E-state index contributed by atoms with van der Waals surface area (Å²) >= 11 is 0. The first-order valence-corrected chi connectivity index (χ1v) is 8.53. The van der Waals surface area contributed by atoms with E-state index >= 15 is 0 Å². The molecule has 1 aromatic rings. The summed E-state index contributed by atoms with van der Waals surface area (Å²) in [5, 5.41) is 13.8. The Balaban J connectivity index is 1.42. The summed E-state index contributed by atoms with van der Waals surface area (Å²) in [5.41, 5.74) is 0. The van der Waals surface area contributed by atoms with Gasteiger partial charge in [0.2, 0.25) is 11.8 Å². The summed E-state index contributed by atoms with van der Waals surface area (Å²) in [6.45, 7) is 3.26. The average Bonchev–Trinajstić information content (AvgIpc) is 3.13. The number of amides is 2. The molecule has 1 aliphatic heterocycles. The smallest absolute Gasteiger partial charge is 0.260 e. The van der Waals surface area contributed by atoms with Crippen molar-refractivity contribution < 1.29 is 18.4 Å². The van der Waals surface area contributed by atoms with Gasteiger partial charge in [-0.15, -0.1) is 5.10 Å². The van der Waals surface area contributed by atoms with Gasteiger partial charge in [0.05, 0.1) is 0 Å². The number of nitrogens with zero attached hydrogens (tertiary/aromatic N) is 5. The number of likely N-dealkylation sites (tertiary alicyclic amines) is 1. The highest BCUT2D eigenvalue weighted by Crippen LogP contribution is 2.49. The van der Waals surface area contributed by atoms with E-state index in [0.29, 0.717) is 31.9 Å². The molecular formula is C15H22F2N6O2. The van der Waals surface area contributed by atoms with Crippen molar-refractivity contribution in [3.05, 3.63) is 5.82 Å². The van der Waals surface area contributed by atoms with Crippen molar-refractivity contribution in [1.29, 1.82) is 0 Å². The van der Waals surface area contributed by atoms with E-state index in [2.05, 4.69) is 20.8 Å². The quantitative estimate of drug-likeness (QED) is 0.823. The highest BCUT2D eigenvalue weighted by atomic mass is 19.3. The van der Waals surface area contributed by atoms with Gasteiger partial charge in [0.1, 0.15) is 18.3 Å². The molecule has 0 radical (unpaired) electrons. The molecular weight excluding hydrogens is 334 g/mol. The van der Waals surface area contributed by atoms with Crippen LogP contribution in [-0.4, -0.2) is 62.5 Å². The van der Waals surface area contributed by atoms with E-state index < -0.39 is 17.7 Å². The largest absolute Gasteiger partial charge is 0.354 e. The van der Waals surface area contributed by atoms with Crippen LogP contribution in [0.5, 0.6) is 0 Å². The third-order valence-electron chi connectivity index (χ3n) is 4.88. The molecule has 2 fully saturated rings. The zero-order valence-electron chi connectivity index (χ0n) is 14.1. The maximum absolute atomic E-state index is 13.1. The summed E-state index contributed by atoms with van der Waals surface area (Å²) in [6, 6.07) is 0. The van der Waals surface area contributed by atoms with Crippen molar-refractivity contribution in [3.8, 4) is 0 Å². The van der Waals surface area contributed by atoms with Gasteiger partial charge in [-0.25, -0.2) is 13.5 Å². The molecule has 138 valence electrons. The fourth-order valence-corrected chi connectivity index (χ4v) is 3.14. The van der Waals surface area contributed by atoms with Gasteiger partial charge < -0.3 is 10.2 Å². The van der Waals surface area contributed by atoms with Crippen molar-refractivity contribution in [1.82, 2.24) is 30.4 Å². The Morgan fingerprint density at radius 2 is 2.08 bits per heavy atom. The van der Waals surface area contributed by atoms with E-state index in [4.69, 9.17) is 0 Å². The van der Waals surface area contributed by atoms with E-state index in [9.17, 15) is 18.4 Å². The molecule has 2 amide bonds. The van der Waals surface area contributed by atoms with Crippen LogP contribution in [0.4, 0.5) is 8.78 Å². The lowest BCUT2D eigenvalue weighted by atomic mass is 10.0. The lowest BCUT2D eigenvalue weighted by Crippen LogP contribution is -2.35. The summed E-state index contributed by atoms with van der Waals surface area (Å²) < 4.78 is 27.5. The number of alkyl halides is 2. The maximum atomic E-state index is 13.1. The van der Waals surface area contributed by atoms with Crippen LogP contribution in [0.3, 0.4) is 0 Å². The average molecular weight is 356 g/mol. The fourth-order valence-electron chi connectivity index (χ4n) is 3.14. The molecule has 2 heterocycles. The number of carbonyl (C=O) groups is 2. The van der Waals surface area contributed by atoms with Crippen molar-refractivity contribution in [2.24, 2.45) is 11.8 Å². The third kappa shape index (κ3) is 4.29. The molecule has 2 aliphatic rings. The lowest BCUT2D eigenvalue weighted by Gasteiger charge is -2.20. The number of carbonyl (C=O) groups excluding carboxylic acids is 2. The van der Waals surface area contributed by atoms with Crippen LogP contribution in [0.15, 0.2) is 0 Å². The fraction of sp³-hybridized carbons (Fsp3) is 0.800. The van der Waals surface area contributed by atoms with E-state index in [1.54, 1.807) is 11.8 Å². The van der Waals surface area contributed by atoms with E-state index in [1.165, 1.54) is 4.68 Å². The van der Waals surface area contributed by atoms with E-state index in [0.717, 1.165) is 12.8 Å². The standard InChI is InChI=1S/C15H22F2N6O2/c1-10-19-20-21-23(10)9-13(24)18-8-11-3-2-5-22(6-4-11)14(25)12-7-15(12,16)17/h11-12H,2-9H2,1H3,(H,18,24)/t11?,12-/m0/s1. The van der Waals surface area contributed by atoms with Crippen molar-refractivity contribution in [2.45, 2.75) is 45.1 Å². The Morgan fingerprint density at radius 3 is 2.72 bits per heavy atom. The summed E-state index contributed by atoms with van der Waals surface area (Å²) in [6.07, 6.45) is 2.00. The summed E-state index contributed by atoms with van der Waals surface area (Å²) in [4.78, 5) is 25.6. The first-order valence-electron chi connectivity index (χ1n) is 8.53. The van der Waals surface area contributed by atoms with Gasteiger partial charge in [-0.2, -0.15) is 0 Å².